The third kappa shape index (κ3) is 2.38. The molecule has 0 saturated carbocycles. The van der Waals surface area contributed by atoms with Crippen LogP contribution in [-0.2, 0) is 11.3 Å². The standard InChI is InChI=1S/C10H8N2O5/c1-17-10(14)8-3-6(5-13)2-7(4-11)9(8)12(15)16/h2-3,13H,5H2,1H3. The van der Waals surface area contributed by atoms with Crippen LogP contribution >= 0.6 is 0 Å². The fourth-order valence-electron chi connectivity index (χ4n) is 1.33. The number of nitriles is 1. The molecule has 0 heterocycles. The van der Waals surface area contributed by atoms with Crippen molar-refractivity contribution in [1.82, 2.24) is 0 Å². The van der Waals surface area contributed by atoms with Gasteiger partial charge in [0.2, 0.25) is 0 Å². The molecule has 0 radical (unpaired) electrons. The van der Waals surface area contributed by atoms with Crippen LogP contribution in [-0.4, -0.2) is 23.1 Å². The second kappa shape index (κ2) is 5.05. The molecule has 0 saturated heterocycles. The number of methoxy groups -OCH3 is 1. The summed E-state index contributed by atoms with van der Waals surface area (Å²) in [6.45, 7) is -0.434. The zero-order valence-electron chi connectivity index (χ0n) is 8.84. The fraction of sp³-hybridized carbons (Fsp3) is 0.200. The molecule has 88 valence electrons. The first-order chi connectivity index (χ1) is 8.04. The lowest BCUT2D eigenvalue weighted by atomic mass is 10.0. The second-order valence-electron chi connectivity index (χ2n) is 3.06. The molecule has 7 heteroatoms. The molecule has 0 bridgehead atoms. The van der Waals surface area contributed by atoms with Gasteiger partial charge < -0.3 is 9.84 Å². The number of esters is 1. The summed E-state index contributed by atoms with van der Waals surface area (Å²) in [6.07, 6.45) is 0. The van der Waals surface area contributed by atoms with Gasteiger partial charge >= 0.3 is 11.7 Å². The van der Waals surface area contributed by atoms with Gasteiger partial charge in [0.25, 0.3) is 0 Å². The van der Waals surface area contributed by atoms with Gasteiger partial charge in [-0.15, -0.1) is 0 Å². The zero-order valence-corrected chi connectivity index (χ0v) is 8.84. The van der Waals surface area contributed by atoms with Crippen molar-refractivity contribution in [3.63, 3.8) is 0 Å². The highest BCUT2D eigenvalue weighted by molar-refractivity contribution is 5.95. The molecule has 0 aliphatic carbocycles. The van der Waals surface area contributed by atoms with Crippen LogP contribution < -0.4 is 0 Å². The van der Waals surface area contributed by atoms with E-state index >= 15 is 0 Å². The number of carbonyl (C=O) groups excluding carboxylic acids is 1. The Morgan fingerprint density at radius 1 is 1.65 bits per heavy atom. The average Bonchev–Trinajstić information content (AvgIpc) is 2.35. The quantitative estimate of drug-likeness (QED) is 0.470. The molecule has 0 amide bonds. The maximum Gasteiger partial charge on any atom is 0.344 e. The van der Waals surface area contributed by atoms with Crippen molar-refractivity contribution in [3.05, 3.63) is 38.9 Å². The molecule has 0 atom stereocenters. The highest BCUT2D eigenvalue weighted by Gasteiger charge is 2.26. The van der Waals surface area contributed by atoms with Crippen LogP contribution in [0.3, 0.4) is 0 Å². The first-order valence-electron chi connectivity index (χ1n) is 4.45. The summed E-state index contributed by atoms with van der Waals surface area (Å²) in [4.78, 5) is 21.3. The Morgan fingerprint density at radius 3 is 2.71 bits per heavy atom. The van der Waals surface area contributed by atoms with E-state index in [2.05, 4.69) is 4.74 Å². The number of benzene rings is 1. The second-order valence-corrected chi connectivity index (χ2v) is 3.06. The van der Waals surface area contributed by atoms with E-state index in [4.69, 9.17) is 10.4 Å². The molecular formula is C10H8N2O5. The summed E-state index contributed by atoms with van der Waals surface area (Å²) in [5.41, 5.74) is -1.02. The highest BCUT2D eigenvalue weighted by atomic mass is 16.6. The van der Waals surface area contributed by atoms with E-state index in [1.54, 1.807) is 6.07 Å². The van der Waals surface area contributed by atoms with Crippen LogP contribution in [0, 0.1) is 21.4 Å². The van der Waals surface area contributed by atoms with E-state index in [1.165, 1.54) is 0 Å². The Balaban J connectivity index is 3.59. The minimum Gasteiger partial charge on any atom is -0.465 e. The predicted molar refractivity (Wildman–Crippen MR) is 55.1 cm³/mol. The van der Waals surface area contributed by atoms with Gasteiger partial charge in [0.1, 0.15) is 17.2 Å². The average molecular weight is 236 g/mol. The Labute approximate surface area is 96.0 Å². The lowest BCUT2D eigenvalue weighted by Gasteiger charge is -2.05. The van der Waals surface area contributed by atoms with Crippen molar-refractivity contribution >= 4 is 11.7 Å². The third-order valence-corrected chi connectivity index (χ3v) is 2.06. The van der Waals surface area contributed by atoms with Gasteiger partial charge in [-0.05, 0) is 17.7 Å². The van der Waals surface area contributed by atoms with Crippen LogP contribution in [0.15, 0.2) is 12.1 Å². The number of carbonyl (C=O) groups is 1. The minimum atomic E-state index is -0.927. The summed E-state index contributed by atoms with van der Waals surface area (Å²) in [5, 5.41) is 28.5. The van der Waals surface area contributed by atoms with Gasteiger partial charge in [0, 0.05) is 0 Å². The van der Waals surface area contributed by atoms with Crippen molar-refractivity contribution in [2.45, 2.75) is 6.61 Å². The molecule has 1 aromatic carbocycles. The molecule has 7 nitrogen and oxygen atoms in total. The van der Waals surface area contributed by atoms with Gasteiger partial charge in [0.05, 0.1) is 18.6 Å². The van der Waals surface area contributed by atoms with Gasteiger partial charge in [-0.2, -0.15) is 5.26 Å². The van der Waals surface area contributed by atoms with Crippen molar-refractivity contribution in [2.75, 3.05) is 7.11 Å². The van der Waals surface area contributed by atoms with Crippen LogP contribution in [0.25, 0.3) is 0 Å². The topological polar surface area (TPSA) is 113 Å². The summed E-state index contributed by atoms with van der Waals surface area (Å²) in [6, 6.07) is 3.90. The summed E-state index contributed by atoms with van der Waals surface area (Å²) < 4.78 is 4.39. The molecule has 1 aromatic rings. The molecule has 0 unspecified atom stereocenters. The number of nitro groups is 1. The predicted octanol–water partition coefficient (Wildman–Crippen LogP) is 0.745. The smallest absolute Gasteiger partial charge is 0.344 e. The number of nitrogens with zero attached hydrogens (tertiary/aromatic N) is 2. The molecule has 0 aliphatic heterocycles. The first kappa shape index (κ1) is 12.6. The van der Waals surface area contributed by atoms with Gasteiger partial charge in [-0.25, -0.2) is 4.79 Å². The summed E-state index contributed by atoms with van der Waals surface area (Å²) in [7, 11) is 1.07. The number of ether oxygens (including phenoxy) is 1. The van der Waals surface area contributed by atoms with Crippen molar-refractivity contribution < 1.29 is 19.6 Å². The number of aliphatic hydroxyl groups excluding tert-OH is 1. The Kier molecular flexibility index (Phi) is 3.74. The number of hydrogen-bond donors (Lipinski definition) is 1. The monoisotopic (exact) mass is 236 g/mol. The summed E-state index contributed by atoms with van der Waals surface area (Å²) >= 11 is 0. The molecule has 0 aliphatic rings. The van der Waals surface area contributed by atoms with Gasteiger partial charge in [0.15, 0.2) is 0 Å². The molecule has 17 heavy (non-hydrogen) atoms. The van der Waals surface area contributed by atoms with Crippen LogP contribution in [0.2, 0.25) is 0 Å². The zero-order chi connectivity index (χ0) is 13.0. The van der Waals surface area contributed by atoms with E-state index < -0.39 is 23.2 Å². The molecule has 0 aromatic heterocycles. The van der Waals surface area contributed by atoms with E-state index in [9.17, 15) is 14.9 Å². The van der Waals surface area contributed by atoms with E-state index in [0.29, 0.717) is 0 Å². The number of nitro benzene ring substituents is 1. The maximum absolute atomic E-state index is 11.4. The van der Waals surface area contributed by atoms with Crippen LogP contribution in [0.5, 0.6) is 0 Å². The number of rotatable bonds is 3. The Bertz CT molecular complexity index is 518. The molecule has 0 fully saturated rings. The largest absolute Gasteiger partial charge is 0.465 e. The first-order valence-corrected chi connectivity index (χ1v) is 4.45. The highest BCUT2D eigenvalue weighted by Crippen LogP contribution is 2.26. The van der Waals surface area contributed by atoms with E-state index in [1.807, 2.05) is 0 Å². The number of aliphatic hydroxyl groups is 1. The fourth-order valence-corrected chi connectivity index (χ4v) is 1.33. The lowest BCUT2D eigenvalue weighted by molar-refractivity contribution is -0.385. The van der Waals surface area contributed by atoms with Gasteiger partial charge in [-0.1, -0.05) is 0 Å². The maximum atomic E-state index is 11.4. The van der Waals surface area contributed by atoms with Crippen molar-refractivity contribution in [2.24, 2.45) is 0 Å². The molecule has 1 rings (SSSR count). The lowest BCUT2D eigenvalue weighted by Crippen LogP contribution is -2.08. The van der Waals surface area contributed by atoms with Crippen LogP contribution in [0.4, 0.5) is 5.69 Å². The SMILES string of the molecule is COC(=O)c1cc(CO)cc(C#N)c1[N+](=O)[O-]. The Hall–Kier alpha value is -2.46. The number of hydrogen-bond acceptors (Lipinski definition) is 6. The van der Waals surface area contributed by atoms with Gasteiger partial charge in [-0.3, -0.25) is 10.1 Å². The normalized spacial score (nSPS) is 9.47. The molecule has 0 spiro atoms. The van der Waals surface area contributed by atoms with Crippen molar-refractivity contribution in [3.8, 4) is 6.07 Å². The Morgan fingerprint density at radius 2 is 2.29 bits per heavy atom. The van der Waals surface area contributed by atoms with E-state index in [0.717, 1.165) is 19.2 Å². The van der Waals surface area contributed by atoms with E-state index in [-0.39, 0.29) is 16.7 Å². The minimum absolute atomic E-state index is 0.229. The molecular weight excluding hydrogens is 228 g/mol. The molecule has 1 N–H and O–H groups in total. The third-order valence-electron chi connectivity index (χ3n) is 2.06. The summed E-state index contributed by atoms with van der Waals surface area (Å²) in [5.74, 6) is -0.927. The van der Waals surface area contributed by atoms with Crippen molar-refractivity contribution in [1.29, 1.82) is 5.26 Å². The van der Waals surface area contributed by atoms with Crippen LogP contribution in [0.1, 0.15) is 21.5 Å².